The molecule has 0 radical (unpaired) electrons. The number of piperazine rings is 1. The summed E-state index contributed by atoms with van der Waals surface area (Å²) in [5.74, 6) is 1.19. The summed E-state index contributed by atoms with van der Waals surface area (Å²) in [7, 11) is 0. The van der Waals surface area contributed by atoms with Crippen LogP contribution in [0.3, 0.4) is 0 Å². The summed E-state index contributed by atoms with van der Waals surface area (Å²) < 4.78 is 13.7. The number of hydrogen-bond donors (Lipinski definition) is 1. The molecule has 0 spiro atoms. The average Bonchev–Trinajstić information content (AvgIpc) is 2.57. The molecule has 2 aromatic rings. The summed E-state index contributed by atoms with van der Waals surface area (Å²) in [5, 5.41) is 3.01. The van der Waals surface area contributed by atoms with Gasteiger partial charge in [-0.1, -0.05) is 19.1 Å². The van der Waals surface area contributed by atoms with Crippen LogP contribution in [0.5, 0.6) is 0 Å². The Morgan fingerprint density at radius 3 is 2.64 bits per heavy atom. The first-order chi connectivity index (χ1) is 10.8. The molecule has 1 aromatic heterocycles. The number of rotatable bonds is 4. The summed E-state index contributed by atoms with van der Waals surface area (Å²) in [4.78, 5) is 13.2. The van der Waals surface area contributed by atoms with Gasteiger partial charge in [0.25, 0.3) is 0 Å². The Balaban J connectivity index is 1.72. The third kappa shape index (κ3) is 3.33. The van der Waals surface area contributed by atoms with Crippen molar-refractivity contribution in [2.75, 3.05) is 42.9 Å². The lowest BCUT2D eigenvalue weighted by molar-refractivity contribution is 0.270. The average molecular weight is 301 g/mol. The van der Waals surface area contributed by atoms with Crippen molar-refractivity contribution in [2.45, 2.75) is 6.92 Å². The van der Waals surface area contributed by atoms with Gasteiger partial charge in [-0.3, -0.25) is 0 Å². The second kappa shape index (κ2) is 6.70. The quantitative estimate of drug-likeness (QED) is 0.940. The fourth-order valence-corrected chi connectivity index (χ4v) is 2.58. The minimum atomic E-state index is -0.292. The lowest BCUT2D eigenvalue weighted by Gasteiger charge is -2.34. The first-order valence-electron chi connectivity index (χ1n) is 7.57. The molecule has 1 aromatic carbocycles. The fraction of sp³-hybridized carbons (Fsp3) is 0.375. The summed E-state index contributed by atoms with van der Waals surface area (Å²) in [6.07, 6.45) is 1.52. The number of nitrogens with one attached hydrogen (secondary N) is 1. The molecule has 6 heteroatoms. The predicted molar refractivity (Wildman–Crippen MR) is 86.0 cm³/mol. The normalized spacial score (nSPS) is 15.8. The van der Waals surface area contributed by atoms with Crippen LogP contribution in [-0.4, -0.2) is 47.6 Å². The van der Waals surface area contributed by atoms with Gasteiger partial charge in [-0.05, 0) is 18.7 Å². The number of hydrogen-bond acceptors (Lipinski definition) is 5. The van der Waals surface area contributed by atoms with Crippen molar-refractivity contribution in [3.63, 3.8) is 0 Å². The first-order valence-corrected chi connectivity index (χ1v) is 7.57. The van der Waals surface area contributed by atoms with Crippen LogP contribution in [0.15, 0.2) is 36.7 Å². The van der Waals surface area contributed by atoms with Gasteiger partial charge >= 0.3 is 0 Å². The van der Waals surface area contributed by atoms with E-state index in [0.29, 0.717) is 11.5 Å². The van der Waals surface area contributed by atoms with E-state index in [9.17, 15) is 4.39 Å². The maximum Gasteiger partial charge on any atom is 0.146 e. The number of aromatic nitrogens is 2. The number of nitrogens with zero attached hydrogens (tertiary/aromatic N) is 4. The van der Waals surface area contributed by atoms with Crippen LogP contribution in [0, 0.1) is 5.82 Å². The van der Waals surface area contributed by atoms with Crippen LogP contribution < -0.4 is 10.2 Å². The standard InChI is InChI=1S/C16H20FN5/c1-2-21-7-9-22(10-8-21)16-11-15(18-12-19-16)20-14-6-4-3-5-13(14)17/h3-6,11-12H,2,7-10H2,1H3,(H,18,19,20). The number of halogens is 1. The number of para-hydroxylation sites is 1. The van der Waals surface area contributed by atoms with Gasteiger partial charge in [0.15, 0.2) is 0 Å². The maximum absolute atomic E-state index is 13.7. The minimum absolute atomic E-state index is 0.292. The zero-order valence-corrected chi connectivity index (χ0v) is 12.7. The highest BCUT2D eigenvalue weighted by molar-refractivity contribution is 5.59. The van der Waals surface area contributed by atoms with Crippen molar-refractivity contribution in [1.29, 1.82) is 0 Å². The van der Waals surface area contributed by atoms with Gasteiger partial charge in [-0.15, -0.1) is 0 Å². The van der Waals surface area contributed by atoms with Gasteiger partial charge in [0.2, 0.25) is 0 Å². The van der Waals surface area contributed by atoms with Gasteiger partial charge in [0, 0.05) is 32.2 Å². The van der Waals surface area contributed by atoms with Crippen LogP contribution in [0.25, 0.3) is 0 Å². The zero-order valence-electron chi connectivity index (χ0n) is 12.7. The van der Waals surface area contributed by atoms with E-state index in [1.165, 1.54) is 12.4 Å². The van der Waals surface area contributed by atoms with Gasteiger partial charge in [-0.25, -0.2) is 14.4 Å². The largest absolute Gasteiger partial charge is 0.354 e. The molecule has 1 aliphatic rings. The Bertz CT molecular complexity index is 625. The van der Waals surface area contributed by atoms with E-state index in [0.717, 1.165) is 38.5 Å². The highest BCUT2D eigenvalue weighted by atomic mass is 19.1. The van der Waals surface area contributed by atoms with Crippen molar-refractivity contribution in [3.05, 3.63) is 42.5 Å². The molecule has 2 heterocycles. The molecular formula is C16H20FN5. The molecule has 1 fully saturated rings. The lowest BCUT2D eigenvalue weighted by Crippen LogP contribution is -2.46. The molecule has 5 nitrogen and oxygen atoms in total. The molecule has 3 rings (SSSR count). The molecule has 0 saturated carbocycles. The van der Waals surface area contributed by atoms with Gasteiger partial charge in [0.1, 0.15) is 23.8 Å². The fourth-order valence-electron chi connectivity index (χ4n) is 2.58. The van der Waals surface area contributed by atoms with E-state index < -0.39 is 0 Å². The Kier molecular flexibility index (Phi) is 4.48. The Labute approximate surface area is 129 Å². The van der Waals surface area contributed by atoms with E-state index >= 15 is 0 Å². The molecule has 0 aliphatic carbocycles. The number of likely N-dealkylation sites (N-methyl/N-ethyl adjacent to an activating group) is 1. The number of benzene rings is 1. The smallest absolute Gasteiger partial charge is 0.146 e. The molecule has 0 atom stereocenters. The highest BCUT2D eigenvalue weighted by Gasteiger charge is 2.17. The van der Waals surface area contributed by atoms with Crippen LogP contribution in [0.2, 0.25) is 0 Å². The van der Waals surface area contributed by atoms with E-state index in [1.807, 2.05) is 6.07 Å². The molecule has 22 heavy (non-hydrogen) atoms. The monoisotopic (exact) mass is 301 g/mol. The maximum atomic E-state index is 13.7. The van der Waals surface area contributed by atoms with E-state index in [-0.39, 0.29) is 5.82 Å². The van der Waals surface area contributed by atoms with Gasteiger partial charge in [0.05, 0.1) is 5.69 Å². The predicted octanol–water partition coefficient (Wildman–Crippen LogP) is 2.50. The second-order valence-electron chi connectivity index (χ2n) is 5.29. The van der Waals surface area contributed by atoms with Crippen LogP contribution in [0.4, 0.5) is 21.7 Å². The topological polar surface area (TPSA) is 44.3 Å². The minimum Gasteiger partial charge on any atom is -0.354 e. The Morgan fingerprint density at radius 2 is 1.91 bits per heavy atom. The van der Waals surface area contributed by atoms with E-state index in [4.69, 9.17) is 0 Å². The summed E-state index contributed by atoms with van der Waals surface area (Å²) in [6.45, 7) is 7.23. The lowest BCUT2D eigenvalue weighted by atomic mass is 10.3. The van der Waals surface area contributed by atoms with Crippen LogP contribution in [-0.2, 0) is 0 Å². The molecule has 1 aliphatic heterocycles. The van der Waals surface area contributed by atoms with Crippen molar-refractivity contribution in [3.8, 4) is 0 Å². The van der Waals surface area contributed by atoms with Crippen molar-refractivity contribution in [1.82, 2.24) is 14.9 Å². The summed E-state index contributed by atoms with van der Waals surface area (Å²) in [5.41, 5.74) is 0.419. The van der Waals surface area contributed by atoms with E-state index in [1.54, 1.807) is 18.2 Å². The Hall–Kier alpha value is -2.21. The third-order valence-electron chi connectivity index (χ3n) is 3.93. The molecule has 1 N–H and O–H groups in total. The SMILES string of the molecule is CCN1CCN(c2cc(Nc3ccccc3F)ncn2)CC1. The third-order valence-corrected chi connectivity index (χ3v) is 3.93. The molecule has 1 saturated heterocycles. The molecule has 0 bridgehead atoms. The molecule has 0 unspecified atom stereocenters. The van der Waals surface area contributed by atoms with E-state index in [2.05, 4.69) is 32.0 Å². The van der Waals surface area contributed by atoms with Crippen molar-refractivity contribution >= 4 is 17.3 Å². The van der Waals surface area contributed by atoms with Crippen molar-refractivity contribution < 1.29 is 4.39 Å². The highest BCUT2D eigenvalue weighted by Crippen LogP contribution is 2.21. The summed E-state index contributed by atoms with van der Waals surface area (Å²) in [6, 6.07) is 8.44. The van der Waals surface area contributed by atoms with Crippen LogP contribution >= 0.6 is 0 Å². The molecular weight excluding hydrogens is 281 g/mol. The molecule has 116 valence electrons. The first kappa shape index (κ1) is 14.7. The van der Waals surface area contributed by atoms with Gasteiger partial charge in [-0.2, -0.15) is 0 Å². The number of anilines is 3. The van der Waals surface area contributed by atoms with Crippen LogP contribution in [0.1, 0.15) is 6.92 Å². The molecule has 0 amide bonds. The summed E-state index contributed by atoms with van der Waals surface area (Å²) >= 11 is 0. The van der Waals surface area contributed by atoms with Gasteiger partial charge < -0.3 is 15.1 Å². The Morgan fingerprint density at radius 1 is 1.14 bits per heavy atom. The zero-order chi connectivity index (χ0) is 15.4. The second-order valence-corrected chi connectivity index (χ2v) is 5.29. The van der Waals surface area contributed by atoms with Crippen molar-refractivity contribution in [2.24, 2.45) is 0 Å².